The van der Waals surface area contributed by atoms with E-state index in [1.807, 2.05) is 0 Å². The predicted octanol–water partition coefficient (Wildman–Crippen LogP) is 4.28. The van der Waals surface area contributed by atoms with Gasteiger partial charge in [0.05, 0.1) is 5.56 Å². The summed E-state index contributed by atoms with van der Waals surface area (Å²) in [4.78, 5) is 4.17. The van der Waals surface area contributed by atoms with Crippen LogP contribution in [0.15, 0.2) is 12.1 Å². The standard InChI is InChI=1S/C14H20F3N3/c1-18-12-8-10(14(15,16)17)9-13(20-12)19-11-6-4-2-3-5-7-11/h8-9,11H,2-7H2,1H3,(H2,18,19,20). The second-order valence-electron chi connectivity index (χ2n) is 5.21. The van der Waals surface area contributed by atoms with Gasteiger partial charge in [-0.3, -0.25) is 0 Å². The zero-order valence-electron chi connectivity index (χ0n) is 11.6. The van der Waals surface area contributed by atoms with Crippen LogP contribution in [0.3, 0.4) is 0 Å². The fourth-order valence-electron chi connectivity index (χ4n) is 2.53. The fraction of sp³-hybridized carbons (Fsp3) is 0.643. The maximum atomic E-state index is 12.8. The minimum Gasteiger partial charge on any atom is -0.373 e. The zero-order chi connectivity index (χ0) is 14.6. The summed E-state index contributed by atoms with van der Waals surface area (Å²) in [6, 6.07) is 2.34. The van der Waals surface area contributed by atoms with Gasteiger partial charge in [0, 0.05) is 13.1 Å². The van der Waals surface area contributed by atoms with E-state index in [0.717, 1.165) is 37.8 Å². The van der Waals surface area contributed by atoms with Crippen molar-refractivity contribution in [2.75, 3.05) is 17.7 Å². The first-order valence-corrected chi connectivity index (χ1v) is 7.02. The van der Waals surface area contributed by atoms with E-state index < -0.39 is 11.7 Å². The Bertz CT molecular complexity index is 438. The molecule has 20 heavy (non-hydrogen) atoms. The van der Waals surface area contributed by atoms with E-state index in [0.29, 0.717) is 5.82 Å². The summed E-state index contributed by atoms with van der Waals surface area (Å²) in [7, 11) is 1.57. The number of halogens is 3. The second-order valence-corrected chi connectivity index (χ2v) is 5.21. The van der Waals surface area contributed by atoms with Crippen LogP contribution in [0, 0.1) is 0 Å². The lowest BCUT2D eigenvalue weighted by atomic mass is 10.1. The van der Waals surface area contributed by atoms with Crippen LogP contribution < -0.4 is 10.6 Å². The molecule has 1 heterocycles. The average molecular weight is 287 g/mol. The van der Waals surface area contributed by atoms with E-state index in [-0.39, 0.29) is 11.9 Å². The van der Waals surface area contributed by atoms with Crippen molar-refractivity contribution in [2.24, 2.45) is 0 Å². The van der Waals surface area contributed by atoms with E-state index in [9.17, 15) is 13.2 Å². The van der Waals surface area contributed by atoms with Gasteiger partial charge in [0.25, 0.3) is 0 Å². The third-order valence-corrected chi connectivity index (χ3v) is 3.62. The molecule has 1 aliphatic carbocycles. The third-order valence-electron chi connectivity index (χ3n) is 3.62. The number of hydrogen-bond acceptors (Lipinski definition) is 3. The lowest BCUT2D eigenvalue weighted by Gasteiger charge is -2.18. The third kappa shape index (κ3) is 4.02. The lowest BCUT2D eigenvalue weighted by Crippen LogP contribution is -2.20. The van der Waals surface area contributed by atoms with Crippen LogP contribution in [0.25, 0.3) is 0 Å². The van der Waals surface area contributed by atoms with E-state index in [2.05, 4.69) is 15.6 Å². The van der Waals surface area contributed by atoms with Crippen LogP contribution in [0.5, 0.6) is 0 Å². The second kappa shape index (κ2) is 6.33. The van der Waals surface area contributed by atoms with Gasteiger partial charge in [-0.05, 0) is 25.0 Å². The Morgan fingerprint density at radius 1 is 1.05 bits per heavy atom. The van der Waals surface area contributed by atoms with E-state index in [1.54, 1.807) is 7.05 Å². The Kier molecular flexibility index (Phi) is 4.73. The quantitative estimate of drug-likeness (QED) is 0.815. The summed E-state index contributed by atoms with van der Waals surface area (Å²) in [5, 5.41) is 5.84. The summed E-state index contributed by atoms with van der Waals surface area (Å²) in [5.74, 6) is 0.534. The maximum Gasteiger partial charge on any atom is 0.416 e. The van der Waals surface area contributed by atoms with E-state index >= 15 is 0 Å². The number of alkyl halides is 3. The Labute approximate surface area is 117 Å². The van der Waals surface area contributed by atoms with Gasteiger partial charge in [-0.25, -0.2) is 4.98 Å². The monoisotopic (exact) mass is 287 g/mol. The molecule has 2 rings (SSSR count). The molecule has 1 fully saturated rings. The number of anilines is 2. The highest BCUT2D eigenvalue weighted by atomic mass is 19.4. The minimum atomic E-state index is -4.35. The van der Waals surface area contributed by atoms with Crippen LogP contribution in [0.4, 0.5) is 24.8 Å². The summed E-state index contributed by atoms with van der Waals surface area (Å²) < 4.78 is 38.5. The average Bonchev–Trinajstić information content (AvgIpc) is 2.66. The molecule has 2 N–H and O–H groups in total. The first kappa shape index (κ1) is 14.9. The Hall–Kier alpha value is -1.46. The first-order chi connectivity index (χ1) is 9.49. The summed E-state index contributed by atoms with van der Waals surface area (Å²) >= 11 is 0. The number of nitrogens with one attached hydrogen (secondary N) is 2. The molecule has 1 aromatic heterocycles. The molecular weight excluding hydrogens is 267 g/mol. The molecule has 0 radical (unpaired) electrons. The number of nitrogens with zero attached hydrogens (tertiary/aromatic N) is 1. The number of rotatable bonds is 3. The Morgan fingerprint density at radius 2 is 1.65 bits per heavy atom. The van der Waals surface area contributed by atoms with E-state index in [1.165, 1.54) is 12.8 Å². The molecular formula is C14H20F3N3. The zero-order valence-corrected chi connectivity index (χ0v) is 11.6. The number of aromatic nitrogens is 1. The molecule has 0 unspecified atom stereocenters. The molecule has 0 aromatic carbocycles. The number of pyridine rings is 1. The molecule has 6 heteroatoms. The van der Waals surface area contributed by atoms with Crippen molar-refractivity contribution in [1.82, 2.24) is 4.98 Å². The van der Waals surface area contributed by atoms with Crippen LogP contribution in [0.1, 0.15) is 44.1 Å². The highest BCUT2D eigenvalue weighted by Gasteiger charge is 2.31. The van der Waals surface area contributed by atoms with Crippen LogP contribution in [0.2, 0.25) is 0 Å². The Morgan fingerprint density at radius 3 is 2.20 bits per heavy atom. The van der Waals surface area contributed by atoms with Crippen LogP contribution in [-0.2, 0) is 6.18 Å². The van der Waals surface area contributed by atoms with Gasteiger partial charge in [-0.1, -0.05) is 25.7 Å². The van der Waals surface area contributed by atoms with Gasteiger partial charge in [-0.15, -0.1) is 0 Å². The smallest absolute Gasteiger partial charge is 0.373 e. The highest BCUT2D eigenvalue weighted by Crippen LogP contribution is 2.32. The molecule has 0 spiro atoms. The van der Waals surface area contributed by atoms with Gasteiger partial charge < -0.3 is 10.6 Å². The topological polar surface area (TPSA) is 37.0 Å². The van der Waals surface area contributed by atoms with Crippen molar-refractivity contribution in [3.8, 4) is 0 Å². The molecule has 3 nitrogen and oxygen atoms in total. The van der Waals surface area contributed by atoms with Gasteiger partial charge in [0.15, 0.2) is 0 Å². The van der Waals surface area contributed by atoms with Crippen LogP contribution in [-0.4, -0.2) is 18.1 Å². The SMILES string of the molecule is CNc1cc(C(F)(F)F)cc(NC2CCCCCC2)n1. The molecule has 0 amide bonds. The van der Waals surface area contributed by atoms with E-state index in [4.69, 9.17) is 0 Å². The summed E-state index contributed by atoms with van der Waals surface area (Å²) in [6.45, 7) is 0. The highest BCUT2D eigenvalue weighted by molar-refractivity contribution is 5.50. The minimum absolute atomic E-state index is 0.221. The van der Waals surface area contributed by atoms with Crippen molar-refractivity contribution >= 4 is 11.6 Å². The van der Waals surface area contributed by atoms with Gasteiger partial charge in [0.1, 0.15) is 11.6 Å². The van der Waals surface area contributed by atoms with Crippen molar-refractivity contribution in [3.63, 3.8) is 0 Å². The predicted molar refractivity (Wildman–Crippen MR) is 73.9 cm³/mol. The summed E-state index contributed by atoms with van der Waals surface area (Å²) in [5.41, 5.74) is -0.673. The fourth-order valence-corrected chi connectivity index (χ4v) is 2.53. The molecule has 0 atom stereocenters. The van der Waals surface area contributed by atoms with Gasteiger partial charge in [0.2, 0.25) is 0 Å². The summed E-state index contributed by atoms with van der Waals surface area (Å²) in [6.07, 6.45) is 2.28. The van der Waals surface area contributed by atoms with Crippen molar-refractivity contribution in [3.05, 3.63) is 17.7 Å². The number of hydrogen-bond donors (Lipinski definition) is 2. The van der Waals surface area contributed by atoms with Gasteiger partial charge in [-0.2, -0.15) is 13.2 Å². The van der Waals surface area contributed by atoms with Crippen molar-refractivity contribution < 1.29 is 13.2 Å². The normalized spacial score (nSPS) is 17.6. The molecule has 1 aliphatic rings. The molecule has 1 saturated carbocycles. The van der Waals surface area contributed by atoms with Gasteiger partial charge >= 0.3 is 6.18 Å². The Balaban J connectivity index is 2.17. The maximum absolute atomic E-state index is 12.8. The largest absolute Gasteiger partial charge is 0.416 e. The molecule has 1 aromatic rings. The lowest BCUT2D eigenvalue weighted by molar-refractivity contribution is -0.137. The molecule has 0 bridgehead atoms. The molecule has 0 aliphatic heterocycles. The van der Waals surface area contributed by atoms with Crippen molar-refractivity contribution in [2.45, 2.75) is 50.7 Å². The molecule has 112 valence electrons. The van der Waals surface area contributed by atoms with Crippen LogP contribution >= 0.6 is 0 Å². The van der Waals surface area contributed by atoms with Crippen molar-refractivity contribution in [1.29, 1.82) is 0 Å². The molecule has 0 saturated heterocycles. The first-order valence-electron chi connectivity index (χ1n) is 7.02.